The van der Waals surface area contributed by atoms with Gasteiger partial charge in [-0.3, -0.25) is 4.79 Å². The number of halogens is 2. The summed E-state index contributed by atoms with van der Waals surface area (Å²) >= 11 is 1.46. The predicted molar refractivity (Wildman–Crippen MR) is 99.5 cm³/mol. The molecule has 1 amide bonds. The van der Waals surface area contributed by atoms with Gasteiger partial charge < -0.3 is 4.57 Å². The molecule has 0 bridgehead atoms. The highest BCUT2D eigenvalue weighted by Crippen LogP contribution is 2.33. The van der Waals surface area contributed by atoms with Gasteiger partial charge in [0.2, 0.25) is 0 Å². The van der Waals surface area contributed by atoms with Crippen LogP contribution in [0.25, 0.3) is 0 Å². The fraction of sp³-hybridized carbons (Fsp3) is 0.500. The van der Waals surface area contributed by atoms with Gasteiger partial charge in [-0.1, -0.05) is 26.8 Å². The zero-order valence-corrected chi connectivity index (χ0v) is 16.6. The first-order chi connectivity index (χ1) is 12.1. The van der Waals surface area contributed by atoms with E-state index in [4.69, 9.17) is 0 Å². The number of aromatic nitrogens is 1. The zero-order valence-electron chi connectivity index (χ0n) is 15.8. The molecule has 6 heteroatoms. The molecule has 0 unspecified atom stereocenters. The molecule has 0 radical (unpaired) electrons. The lowest BCUT2D eigenvalue weighted by atomic mass is 9.93. The smallest absolute Gasteiger partial charge is 0.282 e. The second-order valence-electron chi connectivity index (χ2n) is 8.08. The van der Waals surface area contributed by atoms with Crippen LogP contribution in [0.4, 0.5) is 8.78 Å². The van der Waals surface area contributed by atoms with Crippen molar-refractivity contribution in [2.45, 2.75) is 59.4 Å². The Morgan fingerprint density at radius 3 is 2.46 bits per heavy atom. The van der Waals surface area contributed by atoms with Gasteiger partial charge in [-0.15, -0.1) is 11.3 Å². The SMILES string of the molecule is Cc1ccc(C(=O)/N=c2\sc(C(C)(C)C)c(C)n2CC2CC2)c(F)c1F. The van der Waals surface area contributed by atoms with Gasteiger partial charge in [0, 0.05) is 17.1 Å². The van der Waals surface area contributed by atoms with Crippen molar-refractivity contribution >= 4 is 17.2 Å². The van der Waals surface area contributed by atoms with E-state index in [1.165, 1.54) is 43.2 Å². The Hall–Kier alpha value is -1.82. The van der Waals surface area contributed by atoms with E-state index in [2.05, 4.69) is 30.3 Å². The zero-order chi connectivity index (χ0) is 19.2. The molecule has 1 aromatic carbocycles. The van der Waals surface area contributed by atoms with E-state index < -0.39 is 17.5 Å². The summed E-state index contributed by atoms with van der Waals surface area (Å²) in [6, 6.07) is 2.70. The lowest BCUT2D eigenvalue weighted by Gasteiger charge is -2.17. The van der Waals surface area contributed by atoms with Crippen LogP contribution >= 0.6 is 11.3 Å². The van der Waals surface area contributed by atoms with Crippen LogP contribution in [0, 0.1) is 31.4 Å². The minimum Gasteiger partial charge on any atom is -0.320 e. The number of carbonyl (C=O) groups excluding carboxylic acids is 1. The maximum atomic E-state index is 14.2. The van der Waals surface area contributed by atoms with Gasteiger partial charge in [-0.05, 0) is 49.7 Å². The molecule has 3 rings (SSSR count). The molecule has 0 atom stereocenters. The van der Waals surface area contributed by atoms with Crippen LogP contribution in [-0.4, -0.2) is 10.5 Å². The molecule has 1 aliphatic carbocycles. The third kappa shape index (κ3) is 3.65. The Morgan fingerprint density at radius 1 is 1.23 bits per heavy atom. The van der Waals surface area contributed by atoms with Gasteiger partial charge in [0.25, 0.3) is 5.91 Å². The number of hydrogen-bond donors (Lipinski definition) is 0. The van der Waals surface area contributed by atoms with Crippen LogP contribution in [0.1, 0.15) is 60.1 Å². The molecule has 3 nitrogen and oxygen atoms in total. The topological polar surface area (TPSA) is 34.4 Å². The highest BCUT2D eigenvalue weighted by atomic mass is 32.1. The van der Waals surface area contributed by atoms with Crippen molar-refractivity contribution in [3.05, 3.63) is 50.3 Å². The van der Waals surface area contributed by atoms with Crippen LogP contribution in [0.2, 0.25) is 0 Å². The number of thiazole rings is 1. The Labute approximate surface area is 156 Å². The van der Waals surface area contributed by atoms with E-state index in [-0.39, 0.29) is 16.5 Å². The van der Waals surface area contributed by atoms with Crippen molar-refractivity contribution in [1.82, 2.24) is 4.57 Å². The molecule has 26 heavy (non-hydrogen) atoms. The Balaban J connectivity index is 2.10. The first kappa shape index (κ1) is 19.0. The van der Waals surface area contributed by atoms with E-state index in [0.717, 1.165) is 17.1 Å². The monoisotopic (exact) mass is 378 g/mol. The van der Waals surface area contributed by atoms with Crippen molar-refractivity contribution in [3.8, 4) is 0 Å². The highest BCUT2D eigenvalue weighted by Gasteiger charge is 2.27. The number of amides is 1. The van der Waals surface area contributed by atoms with E-state index in [9.17, 15) is 13.6 Å². The molecule has 1 heterocycles. The number of hydrogen-bond acceptors (Lipinski definition) is 2. The second-order valence-corrected chi connectivity index (χ2v) is 9.06. The van der Waals surface area contributed by atoms with Crippen LogP contribution < -0.4 is 4.80 Å². The molecule has 0 aliphatic heterocycles. The number of aryl methyl sites for hydroxylation is 1. The molecule has 2 aromatic rings. The van der Waals surface area contributed by atoms with Gasteiger partial charge >= 0.3 is 0 Å². The first-order valence-corrected chi connectivity index (χ1v) is 9.65. The molecular formula is C20H24F2N2OS. The van der Waals surface area contributed by atoms with Crippen molar-refractivity contribution in [1.29, 1.82) is 0 Å². The minimum absolute atomic E-state index is 0.0713. The fourth-order valence-corrected chi connectivity index (χ4v) is 4.19. The van der Waals surface area contributed by atoms with Crippen molar-refractivity contribution in [2.75, 3.05) is 0 Å². The first-order valence-electron chi connectivity index (χ1n) is 8.84. The van der Waals surface area contributed by atoms with Crippen LogP contribution in [-0.2, 0) is 12.0 Å². The maximum Gasteiger partial charge on any atom is 0.282 e. The van der Waals surface area contributed by atoms with Crippen LogP contribution in [0.5, 0.6) is 0 Å². The van der Waals surface area contributed by atoms with Crippen molar-refractivity contribution < 1.29 is 13.6 Å². The number of benzene rings is 1. The van der Waals surface area contributed by atoms with E-state index in [1.807, 2.05) is 6.92 Å². The van der Waals surface area contributed by atoms with Gasteiger partial charge in [0.05, 0.1) is 5.56 Å². The van der Waals surface area contributed by atoms with E-state index >= 15 is 0 Å². The summed E-state index contributed by atoms with van der Waals surface area (Å²) < 4.78 is 30.0. The van der Waals surface area contributed by atoms with Gasteiger partial charge in [-0.25, -0.2) is 8.78 Å². The lowest BCUT2D eigenvalue weighted by molar-refractivity contribution is 0.0993. The minimum atomic E-state index is -1.13. The van der Waals surface area contributed by atoms with Gasteiger partial charge in [0.15, 0.2) is 16.4 Å². The third-order valence-electron chi connectivity index (χ3n) is 4.68. The quantitative estimate of drug-likeness (QED) is 0.748. The summed E-state index contributed by atoms with van der Waals surface area (Å²) in [5.74, 6) is -2.25. The summed E-state index contributed by atoms with van der Waals surface area (Å²) in [5.41, 5.74) is 0.869. The molecule has 1 saturated carbocycles. The Bertz CT molecular complexity index is 931. The average Bonchev–Trinajstić information content (AvgIpc) is 3.31. The van der Waals surface area contributed by atoms with Crippen molar-refractivity contribution in [3.63, 3.8) is 0 Å². The van der Waals surface area contributed by atoms with E-state index in [1.54, 1.807) is 0 Å². The van der Waals surface area contributed by atoms with Gasteiger partial charge in [-0.2, -0.15) is 4.99 Å². The number of rotatable bonds is 3. The summed E-state index contributed by atoms with van der Waals surface area (Å²) in [4.78, 5) is 18.4. The summed E-state index contributed by atoms with van der Waals surface area (Å²) in [5, 5.41) is 0. The molecule has 1 fully saturated rings. The molecule has 0 saturated heterocycles. The molecule has 0 spiro atoms. The van der Waals surface area contributed by atoms with Gasteiger partial charge in [0.1, 0.15) is 0 Å². The fourth-order valence-electron chi connectivity index (χ4n) is 3.00. The predicted octanol–water partition coefficient (Wildman–Crippen LogP) is 4.89. The normalized spacial score (nSPS) is 15.6. The number of nitrogens with zero attached hydrogens (tertiary/aromatic N) is 2. The summed E-state index contributed by atoms with van der Waals surface area (Å²) in [6.07, 6.45) is 2.36. The Morgan fingerprint density at radius 2 is 1.88 bits per heavy atom. The molecule has 0 N–H and O–H groups in total. The Kier molecular flexibility index (Phi) is 4.90. The summed E-state index contributed by atoms with van der Waals surface area (Å²) in [6.45, 7) is 10.7. The standard InChI is InChI=1S/C20H24F2N2OS/c1-11-6-9-14(16(22)15(11)21)18(25)23-19-24(10-13-7-8-13)12(2)17(26-19)20(3,4)5/h6,9,13H,7-8,10H2,1-5H3/b23-19-. The number of carbonyl (C=O) groups is 1. The van der Waals surface area contributed by atoms with Crippen molar-refractivity contribution in [2.24, 2.45) is 10.9 Å². The molecule has 140 valence electrons. The molecule has 1 aromatic heterocycles. The average molecular weight is 378 g/mol. The summed E-state index contributed by atoms with van der Waals surface area (Å²) in [7, 11) is 0. The lowest BCUT2D eigenvalue weighted by Crippen LogP contribution is -2.20. The third-order valence-corrected chi connectivity index (χ3v) is 6.29. The van der Waals surface area contributed by atoms with Crippen LogP contribution in [0.3, 0.4) is 0 Å². The largest absolute Gasteiger partial charge is 0.320 e. The molecular weight excluding hydrogens is 354 g/mol. The van der Waals surface area contributed by atoms with E-state index in [0.29, 0.717) is 10.7 Å². The van der Waals surface area contributed by atoms with Crippen LogP contribution in [0.15, 0.2) is 17.1 Å². The second kappa shape index (κ2) is 6.72. The maximum absolute atomic E-state index is 14.2. The molecule has 1 aliphatic rings. The highest BCUT2D eigenvalue weighted by molar-refractivity contribution is 7.09.